The third-order valence-electron chi connectivity index (χ3n) is 4.61. The number of carbonyl (C=O) groups is 2. The van der Waals surface area contributed by atoms with Gasteiger partial charge in [-0.25, -0.2) is 8.42 Å². The lowest BCUT2D eigenvalue weighted by molar-refractivity contribution is -0.150. The Hall–Kier alpha value is -2.71. The van der Waals surface area contributed by atoms with E-state index in [-0.39, 0.29) is 10.9 Å². The Morgan fingerprint density at radius 1 is 0.968 bits per heavy atom. The normalized spacial score (nSPS) is 13.5. The minimum atomic E-state index is -3.88. The molecule has 0 aliphatic heterocycles. The van der Waals surface area contributed by atoms with Crippen molar-refractivity contribution in [2.75, 3.05) is 6.61 Å². The van der Waals surface area contributed by atoms with E-state index >= 15 is 0 Å². The summed E-state index contributed by atoms with van der Waals surface area (Å²) in [5.74, 6) is -0.924. The molecule has 2 aromatic carbocycles. The highest BCUT2D eigenvalue weighted by Gasteiger charge is 2.24. The molecule has 0 aromatic heterocycles. The molecule has 7 nitrogen and oxygen atoms in total. The van der Waals surface area contributed by atoms with Crippen LogP contribution in [-0.2, 0) is 24.3 Å². The van der Waals surface area contributed by atoms with Gasteiger partial charge >= 0.3 is 5.97 Å². The minimum absolute atomic E-state index is 0.0508. The van der Waals surface area contributed by atoms with Gasteiger partial charge in [0.1, 0.15) is 6.04 Å². The maximum Gasteiger partial charge on any atom is 0.324 e. The minimum Gasteiger partial charge on any atom is -0.454 e. The van der Waals surface area contributed by atoms with Gasteiger partial charge < -0.3 is 10.1 Å². The summed E-state index contributed by atoms with van der Waals surface area (Å²) in [7, 11) is -3.88. The van der Waals surface area contributed by atoms with Crippen molar-refractivity contribution >= 4 is 21.9 Å². The van der Waals surface area contributed by atoms with Gasteiger partial charge in [-0.15, -0.1) is 0 Å². The molecule has 0 fully saturated rings. The lowest BCUT2D eigenvalue weighted by Gasteiger charge is -2.21. The van der Waals surface area contributed by atoms with Gasteiger partial charge in [-0.1, -0.05) is 61.9 Å². The van der Waals surface area contributed by atoms with E-state index in [2.05, 4.69) is 23.9 Å². The van der Waals surface area contributed by atoms with E-state index in [1.807, 2.05) is 37.3 Å². The maximum atomic E-state index is 12.4. The van der Waals surface area contributed by atoms with Gasteiger partial charge in [0.25, 0.3) is 5.91 Å². The smallest absolute Gasteiger partial charge is 0.324 e. The molecule has 0 aliphatic carbocycles. The third kappa shape index (κ3) is 7.80. The number of aryl methyl sites for hydroxylation is 1. The molecular formula is C23H30N2O5S. The molecule has 0 saturated carbocycles. The summed E-state index contributed by atoms with van der Waals surface area (Å²) in [5.41, 5.74) is 1.89. The molecule has 0 aliphatic rings. The highest BCUT2D eigenvalue weighted by molar-refractivity contribution is 7.89. The summed E-state index contributed by atoms with van der Waals surface area (Å²) >= 11 is 0. The van der Waals surface area contributed by atoms with Crippen LogP contribution in [0.3, 0.4) is 0 Å². The van der Waals surface area contributed by atoms with Crippen LogP contribution >= 0.6 is 0 Å². The van der Waals surface area contributed by atoms with E-state index in [0.29, 0.717) is 5.92 Å². The molecule has 0 radical (unpaired) electrons. The summed E-state index contributed by atoms with van der Waals surface area (Å²) in [4.78, 5) is 24.6. The quantitative estimate of drug-likeness (QED) is 0.546. The molecular weight excluding hydrogens is 416 g/mol. The van der Waals surface area contributed by atoms with Crippen LogP contribution in [0.5, 0.6) is 0 Å². The SMILES string of the molecule is Cc1ccc(S(=O)(=O)N[C@@H](C)C(=O)OCC(=O)NC(CC(C)C)c2ccccc2)cc1. The van der Waals surface area contributed by atoms with Gasteiger partial charge in [0.15, 0.2) is 6.61 Å². The van der Waals surface area contributed by atoms with Crippen molar-refractivity contribution in [3.63, 3.8) is 0 Å². The first-order valence-corrected chi connectivity index (χ1v) is 11.7. The highest BCUT2D eigenvalue weighted by Crippen LogP contribution is 2.21. The molecule has 8 heteroatoms. The summed E-state index contributed by atoms with van der Waals surface area (Å²) in [6.07, 6.45) is 0.733. The largest absolute Gasteiger partial charge is 0.454 e. The van der Waals surface area contributed by atoms with Gasteiger partial charge in [0.05, 0.1) is 10.9 Å². The van der Waals surface area contributed by atoms with E-state index in [9.17, 15) is 18.0 Å². The van der Waals surface area contributed by atoms with E-state index in [1.54, 1.807) is 12.1 Å². The molecule has 0 heterocycles. The number of benzene rings is 2. The maximum absolute atomic E-state index is 12.4. The fourth-order valence-corrected chi connectivity index (χ4v) is 4.19. The van der Waals surface area contributed by atoms with Crippen molar-refractivity contribution in [2.45, 2.75) is 51.1 Å². The molecule has 1 amide bonds. The van der Waals surface area contributed by atoms with Crippen molar-refractivity contribution in [3.8, 4) is 0 Å². The fraction of sp³-hybridized carbons (Fsp3) is 0.391. The Bertz CT molecular complexity index is 973. The number of hydrogen-bond acceptors (Lipinski definition) is 5. The number of esters is 1. The Morgan fingerprint density at radius 2 is 1.58 bits per heavy atom. The van der Waals surface area contributed by atoms with E-state index in [1.165, 1.54) is 19.1 Å². The number of ether oxygens (including phenoxy) is 1. The second-order valence-electron chi connectivity index (χ2n) is 7.92. The molecule has 168 valence electrons. The Kier molecular flexibility index (Phi) is 8.76. The number of carbonyl (C=O) groups excluding carboxylic acids is 2. The zero-order valence-corrected chi connectivity index (χ0v) is 19.1. The first kappa shape index (κ1) is 24.6. The van der Waals surface area contributed by atoms with E-state index in [0.717, 1.165) is 17.5 Å². The van der Waals surface area contributed by atoms with Crippen LogP contribution in [-0.4, -0.2) is 32.9 Å². The van der Waals surface area contributed by atoms with Gasteiger partial charge in [-0.3, -0.25) is 9.59 Å². The standard InChI is InChI=1S/C23H30N2O5S/c1-16(2)14-21(19-8-6-5-7-9-19)24-22(26)15-30-23(27)18(4)25-31(28,29)20-12-10-17(3)11-13-20/h5-13,16,18,21,25H,14-15H2,1-4H3,(H,24,26)/t18-,21?/m0/s1. The average molecular weight is 447 g/mol. The monoisotopic (exact) mass is 446 g/mol. The molecule has 2 atom stereocenters. The molecule has 2 aromatic rings. The molecule has 1 unspecified atom stereocenters. The average Bonchev–Trinajstić information content (AvgIpc) is 2.71. The van der Waals surface area contributed by atoms with Gasteiger partial charge in [0.2, 0.25) is 10.0 Å². The molecule has 0 bridgehead atoms. The van der Waals surface area contributed by atoms with Crippen molar-refractivity contribution in [1.82, 2.24) is 10.0 Å². The van der Waals surface area contributed by atoms with Gasteiger partial charge in [0, 0.05) is 0 Å². The van der Waals surface area contributed by atoms with Crippen LogP contribution in [0.2, 0.25) is 0 Å². The molecule has 31 heavy (non-hydrogen) atoms. The molecule has 0 spiro atoms. The summed E-state index contributed by atoms with van der Waals surface area (Å²) in [6.45, 7) is 6.85. The lowest BCUT2D eigenvalue weighted by atomic mass is 9.97. The predicted molar refractivity (Wildman–Crippen MR) is 119 cm³/mol. The molecule has 0 saturated heterocycles. The van der Waals surface area contributed by atoms with Crippen LogP contribution < -0.4 is 10.0 Å². The van der Waals surface area contributed by atoms with Crippen molar-refractivity contribution in [3.05, 3.63) is 65.7 Å². The Labute approximate surface area is 184 Å². The number of nitrogens with one attached hydrogen (secondary N) is 2. The zero-order valence-electron chi connectivity index (χ0n) is 18.3. The number of amides is 1. The van der Waals surface area contributed by atoms with Crippen molar-refractivity contribution in [1.29, 1.82) is 0 Å². The topological polar surface area (TPSA) is 102 Å². The van der Waals surface area contributed by atoms with Crippen LogP contribution in [0.25, 0.3) is 0 Å². The second kappa shape index (κ2) is 11.1. The lowest BCUT2D eigenvalue weighted by Crippen LogP contribution is -2.41. The highest BCUT2D eigenvalue weighted by atomic mass is 32.2. The van der Waals surface area contributed by atoms with Crippen LogP contribution in [0, 0.1) is 12.8 Å². The van der Waals surface area contributed by atoms with Crippen molar-refractivity contribution in [2.24, 2.45) is 5.92 Å². The predicted octanol–water partition coefficient (Wildman–Crippen LogP) is 3.11. The zero-order chi connectivity index (χ0) is 23.0. The van der Waals surface area contributed by atoms with Crippen molar-refractivity contribution < 1.29 is 22.7 Å². The number of rotatable bonds is 10. The first-order valence-electron chi connectivity index (χ1n) is 10.2. The van der Waals surface area contributed by atoms with Gasteiger partial charge in [-0.05, 0) is 43.9 Å². The van der Waals surface area contributed by atoms with Crippen LogP contribution in [0.1, 0.15) is 44.4 Å². The number of sulfonamides is 1. The summed E-state index contributed by atoms with van der Waals surface area (Å²) < 4.78 is 32.1. The summed E-state index contributed by atoms with van der Waals surface area (Å²) in [6, 6.07) is 14.5. The fourth-order valence-electron chi connectivity index (χ4n) is 3.00. The third-order valence-corrected chi connectivity index (χ3v) is 6.16. The van der Waals surface area contributed by atoms with Crippen LogP contribution in [0.4, 0.5) is 0 Å². The van der Waals surface area contributed by atoms with Crippen LogP contribution in [0.15, 0.2) is 59.5 Å². The molecule has 2 N–H and O–H groups in total. The van der Waals surface area contributed by atoms with E-state index < -0.39 is 34.5 Å². The van der Waals surface area contributed by atoms with Gasteiger partial charge in [-0.2, -0.15) is 4.72 Å². The first-order chi connectivity index (χ1) is 14.6. The van der Waals surface area contributed by atoms with E-state index in [4.69, 9.17) is 4.74 Å². The second-order valence-corrected chi connectivity index (χ2v) is 9.64. The molecule has 2 rings (SSSR count). The summed E-state index contributed by atoms with van der Waals surface area (Å²) in [5, 5.41) is 2.88. The Morgan fingerprint density at radius 3 is 2.16 bits per heavy atom. The number of hydrogen-bond donors (Lipinski definition) is 2. The Balaban J connectivity index is 1.91.